The summed E-state index contributed by atoms with van der Waals surface area (Å²) in [5.74, 6) is 0.542. The number of amides is 1. The van der Waals surface area contributed by atoms with Crippen LogP contribution >= 0.6 is 0 Å². The van der Waals surface area contributed by atoms with Crippen LogP contribution in [0.15, 0.2) is 59.9 Å². The first-order chi connectivity index (χ1) is 16.9. The van der Waals surface area contributed by atoms with Gasteiger partial charge in [0.05, 0.1) is 10.5 Å². The topological polar surface area (TPSA) is 143 Å². The van der Waals surface area contributed by atoms with Gasteiger partial charge >= 0.3 is 0 Å². The highest BCUT2D eigenvalue weighted by Crippen LogP contribution is 2.32. The van der Waals surface area contributed by atoms with Gasteiger partial charge in [-0.3, -0.25) is 9.78 Å². The van der Waals surface area contributed by atoms with Crippen LogP contribution in [0.25, 0.3) is 0 Å². The van der Waals surface area contributed by atoms with Gasteiger partial charge in [0.2, 0.25) is 16.0 Å². The number of nitrogens with one attached hydrogen (secondary N) is 2. The molecule has 2 aromatic heterocycles. The van der Waals surface area contributed by atoms with Crippen LogP contribution in [0.3, 0.4) is 0 Å². The molecule has 1 saturated carbocycles. The normalized spacial score (nSPS) is 17.1. The molecule has 2 aliphatic rings. The molecule has 0 atom stereocenters. The molecule has 5 rings (SSSR count). The number of hydrogen-bond donors (Lipinski definition) is 3. The van der Waals surface area contributed by atoms with E-state index in [-0.39, 0.29) is 16.4 Å². The second-order valence-corrected chi connectivity index (χ2v) is 10.8. The predicted octanol–water partition coefficient (Wildman–Crippen LogP) is 2.86. The summed E-state index contributed by atoms with van der Waals surface area (Å²) in [7, 11) is -3.49. The van der Waals surface area contributed by atoms with Crippen molar-refractivity contribution in [2.24, 2.45) is 5.73 Å². The van der Waals surface area contributed by atoms with Gasteiger partial charge in [-0.1, -0.05) is 12.1 Å². The molecule has 0 bridgehead atoms. The number of nitrogens with zero attached hydrogens (tertiary/aromatic N) is 4. The molecule has 35 heavy (non-hydrogen) atoms. The standard InChI is InChI=1S/C24H27N7O3S/c25-22(32)21-15-27-24(30-23(21)28-18-5-6-18)29-19-3-1-16(2-4-19)17-9-13-31(14-10-17)35(33,34)20-7-11-26-12-8-20/h1-4,7-8,11-12,15,17-18H,5-6,9-10,13-14H2,(H2,25,32)(H2,27,28,29,30). The molecule has 3 heterocycles. The number of benzene rings is 1. The molecule has 1 amide bonds. The Morgan fingerprint density at radius 2 is 1.69 bits per heavy atom. The number of aromatic nitrogens is 3. The largest absolute Gasteiger partial charge is 0.367 e. The fraction of sp³-hybridized carbons (Fsp3) is 0.333. The van der Waals surface area contributed by atoms with Crippen LogP contribution in [-0.4, -0.2) is 52.7 Å². The number of hydrogen-bond acceptors (Lipinski definition) is 8. The maximum atomic E-state index is 12.8. The molecule has 1 aromatic carbocycles. The predicted molar refractivity (Wildman–Crippen MR) is 132 cm³/mol. The summed E-state index contributed by atoms with van der Waals surface area (Å²) in [5, 5.41) is 6.40. The molecule has 11 heteroatoms. The number of carbonyl (C=O) groups is 1. The molecule has 0 spiro atoms. The van der Waals surface area contributed by atoms with Gasteiger partial charge in [-0.25, -0.2) is 13.4 Å². The number of nitrogens with two attached hydrogens (primary N) is 1. The van der Waals surface area contributed by atoms with Gasteiger partial charge in [-0.15, -0.1) is 0 Å². The number of primary amides is 1. The lowest BCUT2D eigenvalue weighted by Crippen LogP contribution is -2.37. The second kappa shape index (κ2) is 9.59. The van der Waals surface area contributed by atoms with Crippen molar-refractivity contribution < 1.29 is 13.2 Å². The summed E-state index contributed by atoms with van der Waals surface area (Å²) >= 11 is 0. The maximum absolute atomic E-state index is 12.8. The fourth-order valence-corrected chi connectivity index (χ4v) is 5.67. The molecule has 4 N–H and O–H groups in total. The van der Waals surface area contributed by atoms with Crippen molar-refractivity contribution in [2.75, 3.05) is 23.7 Å². The van der Waals surface area contributed by atoms with Crippen molar-refractivity contribution in [2.45, 2.75) is 42.5 Å². The number of anilines is 3. The summed E-state index contributed by atoms with van der Waals surface area (Å²) in [5.41, 5.74) is 7.70. The molecule has 10 nitrogen and oxygen atoms in total. The third-order valence-corrected chi connectivity index (χ3v) is 8.26. The zero-order valence-corrected chi connectivity index (χ0v) is 19.9. The first-order valence-electron chi connectivity index (χ1n) is 11.6. The summed E-state index contributed by atoms with van der Waals surface area (Å²) in [4.78, 5) is 24.5. The van der Waals surface area contributed by atoms with Crippen molar-refractivity contribution in [3.8, 4) is 0 Å². The second-order valence-electron chi connectivity index (χ2n) is 8.85. The molecule has 2 fully saturated rings. The van der Waals surface area contributed by atoms with Crippen molar-refractivity contribution in [3.05, 3.63) is 66.1 Å². The minimum atomic E-state index is -3.49. The van der Waals surface area contributed by atoms with Crippen molar-refractivity contribution in [1.29, 1.82) is 0 Å². The van der Waals surface area contributed by atoms with Crippen LogP contribution < -0.4 is 16.4 Å². The molecular formula is C24H27N7O3S. The average molecular weight is 494 g/mol. The minimum Gasteiger partial charge on any atom is -0.367 e. The number of pyridine rings is 1. The highest BCUT2D eigenvalue weighted by molar-refractivity contribution is 7.89. The molecule has 1 aliphatic carbocycles. The number of carbonyl (C=O) groups excluding carboxylic acids is 1. The van der Waals surface area contributed by atoms with Gasteiger partial charge in [-0.2, -0.15) is 9.29 Å². The molecule has 182 valence electrons. The van der Waals surface area contributed by atoms with Crippen LogP contribution in [0.5, 0.6) is 0 Å². The molecule has 1 aliphatic heterocycles. The zero-order valence-electron chi connectivity index (χ0n) is 19.1. The van der Waals surface area contributed by atoms with E-state index < -0.39 is 15.9 Å². The lowest BCUT2D eigenvalue weighted by molar-refractivity contribution is 0.100. The Labute approximate surface area is 204 Å². The fourth-order valence-electron chi connectivity index (χ4n) is 4.21. The lowest BCUT2D eigenvalue weighted by atomic mass is 9.90. The summed E-state index contributed by atoms with van der Waals surface area (Å²) < 4.78 is 27.2. The molecule has 0 radical (unpaired) electrons. The van der Waals surface area contributed by atoms with Gasteiger partial charge in [-0.05, 0) is 61.4 Å². The monoisotopic (exact) mass is 493 g/mol. The summed E-state index contributed by atoms with van der Waals surface area (Å²) in [6, 6.07) is 11.4. The van der Waals surface area contributed by atoms with Crippen LogP contribution in [0, 0.1) is 0 Å². The molecule has 1 saturated heterocycles. The van der Waals surface area contributed by atoms with E-state index in [9.17, 15) is 13.2 Å². The summed E-state index contributed by atoms with van der Waals surface area (Å²) in [6.45, 7) is 0.957. The van der Waals surface area contributed by atoms with Gasteiger partial charge in [0.25, 0.3) is 5.91 Å². The third kappa shape index (κ3) is 5.25. The van der Waals surface area contributed by atoms with Gasteiger partial charge in [0.15, 0.2) is 0 Å². The Bertz CT molecular complexity index is 1300. The Morgan fingerprint density at radius 3 is 2.31 bits per heavy atom. The Hall–Kier alpha value is -3.57. The van der Waals surface area contributed by atoms with Crippen LogP contribution in [0.2, 0.25) is 0 Å². The first-order valence-corrected chi connectivity index (χ1v) is 13.0. The maximum Gasteiger partial charge on any atom is 0.254 e. The summed E-state index contributed by atoms with van der Waals surface area (Å²) in [6.07, 6.45) is 8.02. The van der Waals surface area contributed by atoms with E-state index in [1.807, 2.05) is 24.3 Å². The van der Waals surface area contributed by atoms with E-state index in [1.165, 1.54) is 30.7 Å². The van der Waals surface area contributed by atoms with Crippen LogP contribution in [0.1, 0.15) is 47.5 Å². The quantitative estimate of drug-likeness (QED) is 0.435. The van der Waals surface area contributed by atoms with E-state index in [1.54, 1.807) is 4.31 Å². The number of piperidine rings is 1. The van der Waals surface area contributed by atoms with E-state index >= 15 is 0 Å². The van der Waals surface area contributed by atoms with Gasteiger partial charge < -0.3 is 16.4 Å². The Balaban J connectivity index is 1.22. The van der Waals surface area contributed by atoms with Crippen molar-refractivity contribution in [3.63, 3.8) is 0 Å². The smallest absolute Gasteiger partial charge is 0.254 e. The highest BCUT2D eigenvalue weighted by atomic mass is 32.2. The minimum absolute atomic E-state index is 0.273. The Kier molecular flexibility index (Phi) is 6.35. The third-order valence-electron chi connectivity index (χ3n) is 6.35. The lowest BCUT2D eigenvalue weighted by Gasteiger charge is -2.31. The van der Waals surface area contributed by atoms with E-state index in [0.29, 0.717) is 30.9 Å². The van der Waals surface area contributed by atoms with Crippen LogP contribution in [-0.2, 0) is 10.0 Å². The SMILES string of the molecule is NC(=O)c1cnc(Nc2ccc(C3CCN(S(=O)(=O)c4ccncc4)CC3)cc2)nc1NC1CC1. The first kappa shape index (κ1) is 23.2. The Morgan fingerprint density at radius 1 is 1.00 bits per heavy atom. The highest BCUT2D eigenvalue weighted by Gasteiger charge is 2.30. The van der Waals surface area contributed by atoms with E-state index in [0.717, 1.165) is 36.9 Å². The van der Waals surface area contributed by atoms with E-state index in [4.69, 9.17) is 5.73 Å². The zero-order chi connectivity index (χ0) is 24.4. The molecule has 0 unspecified atom stereocenters. The number of rotatable bonds is 8. The van der Waals surface area contributed by atoms with Crippen LogP contribution in [0.4, 0.5) is 17.5 Å². The van der Waals surface area contributed by atoms with Crippen molar-refractivity contribution >= 4 is 33.4 Å². The average Bonchev–Trinajstić information content (AvgIpc) is 3.69. The van der Waals surface area contributed by atoms with E-state index in [2.05, 4.69) is 25.6 Å². The molecule has 3 aromatic rings. The van der Waals surface area contributed by atoms with Gasteiger partial charge in [0.1, 0.15) is 5.82 Å². The van der Waals surface area contributed by atoms with Crippen molar-refractivity contribution in [1.82, 2.24) is 19.3 Å². The molecular weight excluding hydrogens is 466 g/mol. The van der Waals surface area contributed by atoms with Gasteiger partial charge in [0, 0.05) is 43.4 Å². The number of sulfonamides is 1.